The first-order valence-corrected chi connectivity index (χ1v) is 6.47. The highest BCUT2D eigenvalue weighted by molar-refractivity contribution is 5.85. The summed E-state index contributed by atoms with van der Waals surface area (Å²) in [5.74, 6) is -2.34. The lowest BCUT2D eigenvalue weighted by atomic mass is 9.98. The molecule has 2 atom stereocenters. The molecule has 1 amide bonds. The number of carboxylic acid groups (broad SMARTS) is 1. The van der Waals surface area contributed by atoms with Crippen LogP contribution in [-0.2, 0) is 16.0 Å². The molecule has 1 rings (SSSR count). The van der Waals surface area contributed by atoms with Crippen LogP contribution in [0.15, 0.2) is 24.3 Å². The minimum Gasteiger partial charge on any atom is -0.480 e. The maximum absolute atomic E-state index is 11.9. The van der Waals surface area contributed by atoms with Gasteiger partial charge in [-0.25, -0.2) is 4.79 Å². The van der Waals surface area contributed by atoms with Crippen LogP contribution in [0.2, 0.25) is 0 Å². The van der Waals surface area contributed by atoms with Crippen molar-refractivity contribution in [1.82, 2.24) is 5.32 Å². The van der Waals surface area contributed by atoms with Gasteiger partial charge in [0, 0.05) is 24.5 Å². The van der Waals surface area contributed by atoms with Crippen molar-refractivity contribution >= 4 is 17.6 Å². The summed E-state index contributed by atoms with van der Waals surface area (Å²) in [5, 5.41) is 30.7. The van der Waals surface area contributed by atoms with Gasteiger partial charge in [0.1, 0.15) is 6.04 Å². The fraction of sp³-hybridized carbons (Fsp3) is 0.357. The Kier molecular flexibility index (Phi) is 6.01. The number of aliphatic carboxylic acids is 1. The summed E-state index contributed by atoms with van der Waals surface area (Å²) in [7, 11) is 0. The molecule has 0 aliphatic heterocycles. The van der Waals surface area contributed by atoms with Crippen molar-refractivity contribution in [2.75, 3.05) is 0 Å². The van der Waals surface area contributed by atoms with Crippen molar-refractivity contribution in [1.29, 1.82) is 5.26 Å². The molecule has 0 unspecified atom stereocenters. The van der Waals surface area contributed by atoms with E-state index in [1.54, 1.807) is 13.0 Å². The second-order valence-electron chi connectivity index (χ2n) is 4.83. The van der Waals surface area contributed by atoms with E-state index in [1.807, 2.05) is 6.07 Å². The lowest BCUT2D eigenvalue weighted by Crippen LogP contribution is -2.45. The van der Waals surface area contributed by atoms with Gasteiger partial charge in [-0.2, -0.15) is 5.26 Å². The molecule has 1 aromatic rings. The normalized spacial score (nSPS) is 12.7. The Hall–Kier alpha value is -2.95. The zero-order chi connectivity index (χ0) is 16.7. The molecule has 0 saturated heterocycles. The van der Waals surface area contributed by atoms with Crippen LogP contribution in [0.5, 0.6) is 0 Å². The molecule has 0 bridgehead atoms. The Morgan fingerprint density at radius 2 is 2.18 bits per heavy atom. The van der Waals surface area contributed by atoms with E-state index in [2.05, 4.69) is 5.32 Å². The molecule has 116 valence electrons. The SMILES string of the molecule is C[C@H](CC#N)[C@@H](NC(=O)Cc1cccc([N+](=O)[O-])c1)C(=O)O. The van der Waals surface area contributed by atoms with Gasteiger partial charge in [0.2, 0.25) is 5.91 Å². The summed E-state index contributed by atoms with van der Waals surface area (Å²) in [6.45, 7) is 1.55. The molecule has 0 heterocycles. The van der Waals surface area contributed by atoms with E-state index >= 15 is 0 Å². The lowest BCUT2D eigenvalue weighted by molar-refractivity contribution is -0.384. The van der Waals surface area contributed by atoms with Crippen LogP contribution in [0.4, 0.5) is 5.69 Å². The van der Waals surface area contributed by atoms with Gasteiger partial charge in [-0.1, -0.05) is 19.1 Å². The molecule has 1 aromatic carbocycles. The quantitative estimate of drug-likeness (QED) is 0.575. The van der Waals surface area contributed by atoms with Crippen LogP contribution in [0.3, 0.4) is 0 Å². The maximum atomic E-state index is 11.9. The van der Waals surface area contributed by atoms with Crippen molar-refractivity contribution in [3.63, 3.8) is 0 Å². The molecule has 0 fully saturated rings. The Labute approximate surface area is 126 Å². The third-order valence-corrected chi connectivity index (χ3v) is 3.05. The van der Waals surface area contributed by atoms with Gasteiger partial charge in [0.25, 0.3) is 5.69 Å². The van der Waals surface area contributed by atoms with Crippen molar-refractivity contribution in [3.8, 4) is 6.07 Å². The second kappa shape index (κ2) is 7.73. The first-order chi connectivity index (χ1) is 10.3. The molecular formula is C14H15N3O5. The lowest BCUT2D eigenvalue weighted by Gasteiger charge is -2.19. The number of nitrogens with one attached hydrogen (secondary N) is 1. The number of hydrogen-bond acceptors (Lipinski definition) is 5. The average molecular weight is 305 g/mol. The molecule has 0 aliphatic carbocycles. The zero-order valence-electron chi connectivity index (χ0n) is 11.9. The number of nitrogens with zero attached hydrogens (tertiary/aromatic N) is 2. The van der Waals surface area contributed by atoms with Crippen LogP contribution < -0.4 is 5.32 Å². The molecule has 0 saturated carbocycles. The van der Waals surface area contributed by atoms with Crippen molar-refractivity contribution < 1.29 is 19.6 Å². The molecule has 22 heavy (non-hydrogen) atoms. The number of amides is 1. The summed E-state index contributed by atoms with van der Waals surface area (Å²) < 4.78 is 0. The Bertz CT molecular complexity index is 623. The smallest absolute Gasteiger partial charge is 0.326 e. The maximum Gasteiger partial charge on any atom is 0.326 e. The third-order valence-electron chi connectivity index (χ3n) is 3.05. The second-order valence-corrected chi connectivity index (χ2v) is 4.83. The van der Waals surface area contributed by atoms with E-state index in [1.165, 1.54) is 18.2 Å². The number of nitro groups is 1. The van der Waals surface area contributed by atoms with Crippen molar-refractivity contribution in [2.45, 2.75) is 25.8 Å². The molecule has 0 spiro atoms. The van der Waals surface area contributed by atoms with Crippen LogP contribution in [-0.4, -0.2) is 27.9 Å². The number of nitriles is 1. The number of carboxylic acids is 1. The number of carbonyl (C=O) groups excluding carboxylic acids is 1. The van der Waals surface area contributed by atoms with E-state index < -0.39 is 28.8 Å². The van der Waals surface area contributed by atoms with E-state index in [0.717, 1.165) is 0 Å². The van der Waals surface area contributed by atoms with E-state index in [9.17, 15) is 19.7 Å². The van der Waals surface area contributed by atoms with Crippen LogP contribution >= 0.6 is 0 Å². The number of nitro benzene ring substituents is 1. The highest BCUT2D eigenvalue weighted by Gasteiger charge is 2.26. The van der Waals surface area contributed by atoms with Gasteiger partial charge in [-0.05, 0) is 5.56 Å². The standard InChI is InChI=1S/C14H15N3O5/c1-9(5-6-15)13(14(19)20)16-12(18)8-10-3-2-4-11(7-10)17(21)22/h2-4,7,9,13H,5,8H2,1H3,(H,16,18)(H,19,20)/t9-,13-/m1/s1. The molecule has 2 N–H and O–H groups in total. The average Bonchev–Trinajstić information content (AvgIpc) is 2.44. The molecule has 0 aromatic heterocycles. The summed E-state index contributed by atoms with van der Waals surface area (Å²) in [4.78, 5) is 33.1. The van der Waals surface area contributed by atoms with Crippen LogP contribution in [0, 0.1) is 27.4 Å². The molecular weight excluding hydrogens is 290 g/mol. The molecule has 8 heteroatoms. The van der Waals surface area contributed by atoms with Crippen molar-refractivity contribution in [3.05, 3.63) is 39.9 Å². The summed E-state index contributed by atoms with van der Waals surface area (Å²) >= 11 is 0. The summed E-state index contributed by atoms with van der Waals surface area (Å²) in [6, 6.07) is 6.24. The summed E-state index contributed by atoms with van der Waals surface area (Å²) in [5.41, 5.74) is 0.265. The fourth-order valence-electron chi connectivity index (χ4n) is 1.90. The Balaban J connectivity index is 2.76. The summed E-state index contributed by atoms with van der Waals surface area (Å²) in [6.07, 6.45) is -0.182. The molecule has 0 radical (unpaired) electrons. The number of rotatable bonds is 7. The number of non-ortho nitro benzene ring substituents is 1. The minimum atomic E-state index is -1.23. The third kappa shape index (κ3) is 4.86. The van der Waals surface area contributed by atoms with E-state index in [0.29, 0.717) is 5.56 Å². The Morgan fingerprint density at radius 3 is 2.73 bits per heavy atom. The first kappa shape index (κ1) is 17.1. The van der Waals surface area contributed by atoms with Gasteiger partial charge < -0.3 is 10.4 Å². The van der Waals surface area contributed by atoms with Gasteiger partial charge in [-0.3, -0.25) is 14.9 Å². The first-order valence-electron chi connectivity index (χ1n) is 6.47. The monoisotopic (exact) mass is 305 g/mol. The number of carbonyl (C=O) groups is 2. The number of benzene rings is 1. The number of hydrogen-bond donors (Lipinski definition) is 2. The van der Waals surface area contributed by atoms with Gasteiger partial charge >= 0.3 is 5.97 Å². The fourth-order valence-corrected chi connectivity index (χ4v) is 1.90. The van der Waals surface area contributed by atoms with Gasteiger partial charge in [0.05, 0.1) is 17.4 Å². The predicted molar refractivity (Wildman–Crippen MR) is 75.8 cm³/mol. The zero-order valence-corrected chi connectivity index (χ0v) is 11.9. The van der Waals surface area contributed by atoms with Crippen molar-refractivity contribution in [2.24, 2.45) is 5.92 Å². The van der Waals surface area contributed by atoms with Crippen LogP contribution in [0.1, 0.15) is 18.9 Å². The minimum absolute atomic E-state index is 0.00590. The van der Waals surface area contributed by atoms with Gasteiger partial charge in [-0.15, -0.1) is 0 Å². The van der Waals surface area contributed by atoms with E-state index in [-0.39, 0.29) is 18.5 Å². The van der Waals surface area contributed by atoms with Gasteiger partial charge in [0.15, 0.2) is 0 Å². The molecule has 8 nitrogen and oxygen atoms in total. The Morgan fingerprint density at radius 1 is 1.50 bits per heavy atom. The topological polar surface area (TPSA) is 133 Å². The predicted octanol–water partition coefficient (Wildman–Crippen LogP) is 1.26. The highest BCUT2D eigenvalue weighted by atomic mass is 16.6. The van der Waals surface area contributed by atoms with E-state index in [4.69, 9.17) is 10.4 Å². The van der Waals surface area contributed by atoms with Crippen LogP contribution in [0.25, 0.3) is 0 Å². The highest BCUT2D eigenvalue weighted by Crippen LogP contribution is 2.14. The largest absolute Gasteiger partial charge is 0.480 e. The molecule has 0 aliphatic rings.